The van der Waals surface area contributed by atoms with Crippen molar-refractivity contribution in [3.63, 3.8) is 0 Å². The fourth-order valence-corrected chi connectivity index (χ4v) is 3.53. The number of carbonyl (C=O) groups excluding carboxylic acids is 1. The highest BCUT2D eigenvalue weighted by atomic mass is 35.5. The number of ether oxygens (including phenoxy) is 2. The Morgan fingerprint density at radius 1 is 1.06 bits per heavy atom. The number of fused-ring (bicyclic) bond motifs is 1. The molecular formula is C25H24ClF2NO5. The Labute approximate surface area is 200 Å². The normalized spacial score (nSPS) is 13.2. The number of carboxylic acid groups (broad SMARTS) is 1. The van der Waals surface area contributed by atoms with Gasteiger partial charge in [0.15, 0.2) is 0 Å². The maximum atomic E-state index is 13.1. The third-order valence-corrected chi connectivity index (χ3v) is 5.67. The molecule has 180 valence electrons. The molecule has 2 N–H and O–H groups in total. The lowest BCUT2D eigenvalue weighted by Crippen LogP contribution is -2.51. The molecular weight excluding hydrogens is 468 g/mol. The summed E-state index contributed by atoms with van der Waals surface area (Å²) in [5, 5.41) is 13.6. The lowest BCUT2D eigenvalue weighted by Gasteiger charge is -2.25. The second-order valence-electron chi connectivity index (χ2n) is 8.07. The van der Waals surface area contributed by atoms with Crippen LogP contribution in [0.2, 0.25) is 5.02 Å². The Morgan fingerprint density at radius 3 is 2.24 bits per heavy atom. The van der Waals surface area contributed by atoms with E-state index in [1.54, 1.807) is 43.3 Å². The van der Waals surface area contributed by atoms with E-state index in [1.807, 2.05) is 0 Å². The number of alkyl halides is 2. The Kier molecular flexibility index (Phi) is 7.31. The number of carboxylic acids is 1. The zero-order valence-electron chi connectivity index (χ0n) is 18.8. The van der Waals surface area contributed by atoms with E-state index >= 15 is 0 Å². The third-order valence-electron chi connectivity index (χ3n) is 5.36. The summed E-state index contributed by atoms with van der Waals surface area (Å²) >= 11 is 6.41. The van der Waals surface area contributed by atoms with Crippen molar-refractivity contribution in [3.8, 4) is 11.5 Å². The molecule has 3 aromatic carbocycles. The summed E-state index contributed by atoms with van der Waals surface area (Å²) in [6.07, 6.45) is -3.14. The van der Waals surface area contributed by atoms with Crippen LogP contribution in [0.15, 0.2) is 54.6 Å². The standard InChI is InChI=1S/C25H24ClF2NO5/c1-4-24(2,23(31)32)29-22(30)19-13-20(26)17-7-5-6-8-18(17)21(19)33-14-15-9-11-16(12-10-15)34-25(3,27)28/h5-13H,4,14H2,1-3H3,(H,29,30)(H,31,32). The average Bonchev–Trinajstić information content (AvgIpc) is 2.78. The van der Waals surface area contributed by atoms with Crippen molar-refractivity contribution in [2.24, 2.45) is 0 Å². The van der Waals surface area contributed by atoms with Gasteiger partial charge in [0.05, 0.1) is 5.56 Å². The van der Waals surface area contributed by atoms with E-state index in [-0.39, 0.29) is 30.1 Å². The molecule has 3 aromatic rings. The molecule has 9 heteroatoms. The molecule has 0 bridgehead atoms. The number of halogens is 3. The van der Waals surface area contributed by atoms with Crippen molar-refractivity contribution in [2.75, 3.05) is 0 Å². The predicted octanol–water partition coefficient (Wildman–Crippen LogP) is 6.05. The molecule has 0 aliphatic heterocycles. The Morgan fingerprint density at radius 2 is 1.68 bits per heavy atom. The quantitative estimate of drug-likeness (QED) is 0.381. The average molecular weight is 492 g/mol. The van der Waals surface area contributed by atoms with E-state index in [2.05, 4.69) is 10.1 Å². The first-order valence-electron chi connectivity index (χ1n) is 10.5. The van der Waals surface area contributed by atoms with Crippen LogP contribution in [0.5, 0.6) is 11.5 Å². The monoisotopic (exact) mass is 491 g/mol. The number of benzene rings is 3. The van der Waals surface area contributed by atoms with Gasteiger partial charge in [-0.05, 0) is 37.1 Å². The molecule has 0 saturated carbocycles. The molecule has 1 amide bonds. The van der Waals surface area contributed by atoms with Gasteiger partial charge in [-0.25, -0.2) is 4.79 Å². The summed E-state index contributed by atoms with van der Waals surface area (Å²) in [5.74, 6) is -1.59. The molecule has 6 nitrogen and oxygen atoms in total. The Bertz CT molecular complexity index is 1210. The molecule has 0 fully saturated rings. The highest BCUT2D eigenvalue weighted by Gasteiger charge is 2.34. The number of hydrogen-bond acceptors (Lipinski definition) is 4. The first-order valence-corrected chi connectivity index (χ1v) is 10.9. The van der Waals surface area contributed by atoms with Gasteiger partial charge in [0.25, 0.3) is 5.91 Å². The smallest absolute Gasteiger partial charge is 0.394 e. The third kappa shape index (κ3) is 5.75. The number of rotatable bonds is 9. The zero-order chi connectivity index (χ0) is 25.1. The summed E-state index contributed by atoms with van der Waals surface area (Å²) in [5.41, 5.74) is -0.764. The fourth-order valence-electron chi connectivity index (χ4n) is 3.26. The minimum absolute atomic E-state index is 0.000724. The van der Waals surface area contributed by atoms with Gasteiger partial charge in [0.2, 0.25) is 0 Å². The van der Waals surface area contributed by atoms with Crippen molar-refractivity contribution in [3.05, 3.63) is 70.7 Å². The highest BCUT2D eigenvalue weighted by Crippen LogP contribution is 2.36. The van der Waals surface area contributed by atoms with Crippen molar-refractivity contribution in [2.45, 2.75) is 45.4 Å². The van der Waals surface area contributed by atoms with Gasteiger partial charge in [0.1, 0.15) is 23.6 Å². The number of nitrogens with one attached hydrogen (secondary N) is 1. The van der Waals surface area contributed by atoms with Gasteiger partial charge in [0, 0.05) is 22.7 Å². The van der Waals surface area contributed by atoms with Crippen LogP contribution in [0.3, 0.4) is 0 Å². The van der Waals surface area contributed by atoms with Gasteiger partial charge >= 0.3 is 12.1 Å². The molecule has 0 spiro atoms. The van der Waals surface area contributed by atoms with E-state index < -0.39 is 23.5 Å². The Balaban J connectivity index is 1.95. The molecule has 1 atom stereocenters. The highest BCUT2D eigenvalue weighted by molar-refractivity contribution is 6.36. The molecule has 3 rings (SSSR count). The summed E-state index contributed by atoms with van der Waals surface area (Å²) in [7, 11) is 0. The number of aliphatic carboxylic acids is 1. The van der Waals surface area contributed by atoms with E-state index in [4.69, 9.17) is 16.3 Å². The minimum atomic E-state index is -3.30. The van der Waals surface area contributed by atoms with Crippen LogP contribution in [0.4, 0.5) is 8.78 Å². The lowest BCUT2D eigenvalue weighted by atomic mass is 9.97. The molecule has 0 aliphatic rings. The molecule has 0 radical (unpaired) electrons. The first-order chi connectivity index (χ1) is 15.9. The van der Waals surface area contributed by atoms with Crippen LogP contribution in [0.25, 0.3) is 10.8 Å². The van der Waals surface area contributed by atoms with Crippen molar-refractivity contribution >= 4 is 34.2 Å². The Hall–Kier alpha value is -3.39. The molecule has 34 heavy (non-hydrogen) atoms. The molecule has 0 saturated heterocycles. The topological polar surface area (TPSA) is 84.9 Å². The summed E-state index contributed by atoms with van der Waals surface area (Å²) in [6, 6.07) is 14.4. The largest absolute Gasteiger partial charge is 0.487 e. The van der Waals surface area contributed by atoms with Gasteiger partial charge in [-0.2, -0.15) is 8.78 Å². The summed E-state index contributed by atoms with van der Waals surface area (Å²) < 4.78 is 36.6. The van der Waals surface area contributed by atoms with E-state index in [1.165, 1.54) is 25.1 Å². The maximum absolute atomic E-state index is 13.1. The van der Waals surface area contributed by atoms with E-state index in [9.17, 15) is 23.5 Å². The van der Waals surface area contributed by atoms with E-state index in [0.29, 0.717) is 28.3 Å². The van der Waals surface area contributed by atoms with Crippen LogP contribution in [-0.2, 0) is 11.4 Å². The van der Waals surface area contributed by atoms with Crippen molar-refractivity contribution in [1.82, 2.24) is 5.32 Å². The lowest BCUT2D eigenvalue weighted by molar-refractivity contribution is -0.159. The van der Waals surface area contributed by atoms with Crippen LogP contribution in [-0.4, -0.2) is 28.6 Å². The molecule has 1 unspecified atom stereocenters. The second-order valence-corrected chi connectivity index (χ2v) is 8.48. The van der Waals surface area contributed by atoms with Crippen molar-refractivity contribution in [1.29, 1.82) is 0 Å². The van der Waals surface area contributed by atoms with Crippen LogP contribution in [0, 0.1) is 0 Å². The number of hydrogen-bond donors (Lipinski definition) is 2. The summed E-state index contributed by atoms with van der Waals surface area (Å²) in [4.78, 5) is 24.8. The van der Waals surface area contributed by atoms with Gasteiger partial charge in [-0.3, -0.25) is 4.79 Å². The number of carbonyl (C=O) groups is 2. The maximum Gasteiger partial charge on any atom is 0.394 e. The molecule has 0 aromatic heterocycles. The van der Waals surface area contributed by atoms with Gasteiger partial charge in [-0.1, -0.05) is 54.9 Å². The second kappa shape index (κ2) is 9.85. The zero-order valence-corrected chi connectivity index (χ0v) is 19.6. The fraction of sp³-hybridized carbons (Fsp3) is 0.280. The first kappa shape index (κ1) is 25.2. The number of amides is 1. The summed E-state index contributed by atoms with van der Waals surface area (Å²) in [6.45, 7) is 3.73. The van der Waals surface area contributed by atoms with E-state index in [0.717, 1.165) is 0 Å². The van der Waals surface area contributed by atoms with Crippen LogP contribution in [0.1, 0.15) is 43.1 Å². The van der Waals surface area contributed by atoms with Crippen LogP contribution < -0.4 is 14.8 Å². The molecule has 0 aliphatic carbocycles. The minimum Gasteiger partial charge on any atom is -0.487 e. The van der Waals surface area contributed by atoms with Gasteiger partial charge < -0.3 is 19.9 Å². The SMILES string of the molecule is CCC(C)(NC(=O)c1cc(Cl)c2ccccc2c1OCc1ccc(OC(C)(F)F)cc1)C(=O)O. The predicted molar refractivity (Wildman–Crippen MR) is 125 cm³/mol. The molecule has 0 heterocycles. The van der Waals surface area contributed by atoms with Crippen LogP contribution >= 0.6 is 11.6 Å². The van der Waals surface area contributed by atoms with Crippen molar-refractivity contribution < 1.29 is 33.0 Å². The van der Waals surface area contributed by atoms with Gasteiger partial charge in [-0.15, -0.1) is 0 Å².